The number of sulfonamides is 1. The van der Waals surface area contributed by atoms with Gasteiger partial charge in [0.25, 0.3) is 10.0 Å². The molecule has 1 aliphatic heterocycles. The second kappa shape index (κ2) is 7.59. The fourth-order valence-corrected chi connectivity index (χ4v) is 3.57. The molecule has 24 heavy (non-hydrogen) atoms. The topological polar surface area (TPSA) is 61.8 Å². The van der Waals surface area contributed by atoms with Crippen LogP contribution in [0.1, 0.15) is 18.4 Å². The normalized spacial score (nSPS) is 15.9. The largest absolute Gasteiger partial charge is 0.298 e. The van der Waals surface area contributed by atoms with Gasteiger partial charge in [-0.15, -0.1) is 0 Å². The van der Waals surface area contributed by atoms with Crippen molar-refractivity contribution in [1.82, 2.24) is 9.73 Å². The quantitative estimate of drug-likeness (QED) is 0.849. The minimum absolute atomic E-state index is 0.232. The van der Waals surface area contributed by atoms with Crippen LogP contribution in [0.25, 0.3) is 0 Å². The Morgan fingerprint density at radius 2 is 1.50 bits per heavy atom. The first-order valence-electron chi connectivity index (χ1n) is 8.02. The molecule has 0 saturated carbocycles. The molecular weight excluding hydrogens is 322 g/mol. The molecule has 3 rings (SSSR count). The zero-order valence-corrected chi connectivity index (χ0v) is 14.2. The summed E-state index contributed by atoms with van der Waals surface area (Å²) in [6.07, 6.45) is 1.56. The number of benzene rings is 2. The van der Waals surface area contributed by atoms with E-state index in [1.165, 1.54) is 5.56 Å². The van der Waals surface area contributed by atoms with Gasteiger partial charge < -0.3 is 0 Å². The molecule has 1 N–H and O–H groups in total. The standard InChI is InChI=1S/C18H21N3O2S/c22-24(23,18-9-5-2-6-10-18)20-19-17-11-13-21(14-12-17)15-16-7-3-1-4-8-16/h1-10,20H,11-15H2. The summed E-state index contributed by atoms with van der Waals surface area (Å²) in [5, 5.41) is 4.12. The van der Waals surface area contributed by atoms with E-state index in [1.807, 2.05) is 18.2 Å². The van der Waals surface area contributed by atoms with Crippen LogP contribution in [0.3, 0.4) is 0 Å². The van der Waals surface area contributed by atoms with Crippen molar-refractivity contribution < 1.29 is 8.42 Å². The van der Waals surface area contributed by atoms with Gasteiger partial charge in [0.05, 0.1) is 4.90 Å². The van der Waals surface area contributed by atoms with Crippen LogP contribution >= 0.6 is 0 Å². The predicted molar refractivity (Wildman–Crippen MR) is 95.2 cm³/mol. The Bertz CT molecular complexity index is 780. The van der Waals surface area contributed by atoms with Gasteiger partial charge in [0.15, 0.2) is 0 Å². The summed E-state index contributed by atoms with van der Waals surface area (Å²) in [5.74, 6) is 0. The van der Waals surface area contributed by atoms with E-state index in [-0.39, 0.29) is 4.90 Å². The molecule has 0 unspecified atom stereocenters. The number of piperidine rings is 1. The van der Waals surface area contributed by atoms with E-state index >= 15 is 0 Å². The van der Waals surface area contributed by atoms with E-state index in [1.54, 1.807) is 30.3 Å². The van der Waals surface area contributed by atoms with Crippen molar-refractivity contribution >= 4 is 15.7 Å². The summed E-state index contributed by atoms with van der Waals surface area (Å²) in [7, 11) is -3.57. The number of hydrogen-bond acceptors (Lipinski definition) is 4. The number of rotatable bonds is 5. The molecule has 0 aliphatic carbocycles. The highest BCUT2D eigenvalue weighted by atomic mass is 32.2. The summed E-state index contributed by atoms with van der Waals surface area (Å²) < 4.78 is 24.3. The minimum atomic E-state index is -3.57. The fourth-order valence-electron chi connectivity index (χ4n) is 2.70. The van der Waals surface area contributed by atoms with Gasteiger partial charge in [0, 0.05) is 38.2 Å². The second-order valence-corrected chi connectivity index (χ2v) is 7.51. The third-order valence-corrected chi connectivity index (χ3v) is 5.28. The van der Waals surface area contributed by atoms with Crippen molar-refractivity contribution in [1.29, 1.82) is 0 Å². The summed E-state index contributed by atoms with van der Waals surface area (Å²) in [4.78, 5) is 4.94. The number of likely N-dealkylation sites (tertiary alicyclic amines) is 1. The average molecular weight is 343 g/mol. The summed E-state index contributed by atoms with van der Waals surface area (Å²) in [5.41, 5.74) is 2.20. The number of hydrogen-bond donors (Lipinski definition) is 1. The first kappa shape index (κ1) is 16.7. The first-order valence-corrected chi connectivity index (χ1v) is 9.50. The molecule has 1 heterocycles. The smallest absolute Gasteiger partial charge is 0.276 e. The molecule has 2 aromatic rings. The Morgan fingerprint density at radius 1 is 0.917 bits per heavy atom. The molecule has 0 amide bonds. The maximum Gasteiger partial charge on any atom is 0.276 e. The minimum Gasteiger partial charge on any atom is -0.298 e. The number of hydrazone groups is 1. The maximum atomic E-state index is 12.2. The number of nitrogens with one attached hydrogen (secondary N) is 1. The lowest BCUT2D eigenvalue weighted by Gasteiger charge is -2.27. The van der Waals surface area contributed by atoms with Crippen LogP contribution in [-0.4, -0.2) is 32.1 Å². The Kier molecular flexibility index (Phi) is 5.27. The molecule has 0 atom stereocenters. The zero-order valence-electron chi connectivity index (χ0n) is 13.4. The molecule has 0 aromatic heterocycles. The molecule has 2 aromatic carbocycles. The van der Waals surface area contributed by atoms with E-state index in [9.17, 15) is 8.42 Å². The van der Waals surface area contributed by atoms with Crippen molar-refractivity contribution in [2.45, 2.75) is 24.3 Å². The Balaban J connectivity index is 1.54. The molecule has 6 heteroatoms. The summed E-state index contributed by atoms with van der Waals surface area (Å²) >= 11 is 0. The van der Waals surface area contributed by atoms with Crippen LogP contribution in [0.4, 0.5) is 0 Å². The van der Waals surface area contributed by atoms with E-state index < -0.39 is 10.0 Å². The van der Waals surface area contributed by atoms with Gasteiger partial charge in [-0.25, -0.2) is 4.83 Å². The predicted octanol–water partition coefficient (Wildman–Crippen LogP) is 2.62. The van der Waals surface area contributed by atoms with E-state index in [0.29, 0.717) is 0 Å². The van der Waals surface area contributed by atoms with Gasteiger partial charge in [0.2, 0.25) is 0 Å². The van der Waals surface area contributed by atoms with Gasteiger partial charge in [-0.05, 0) is 17.7 Å². The third-order valence-electron chi connectivity index (χ3n) is 4.06. The Hall–Kier alpha value is -2.18. The molecule has 1 saturated heterocycles. The van der Waals surface area contributed by atoms with Crippen molar-refractivity contribution in [3.05, 3.63) is 66.2 Å². The third kappa shape index (κ3) is 4.43. The van der Waals surface area contributed by atoms with Crippen LogP contribution in [-0.2, 0) is 16.6 Å². The van der Waals surface area contributed by atoms with Crippen LogP contribution in [0.5, 0.6) is 0 Å². The monoisotopic (exact) mass is 343 g/mol. The van der Waals surface area contributed by atoms with E-state index in [2.05, 4.69) is 27.0 Å². The van der Waals surface area contributed by atoms with Crippen molar-refractivity contribution in [2.24, 2.45) is 5.10 Å². The maximum absolute atomic E-state index is 12.2. The van der Waals surface area contributed by atoms with E-state index in [0.717, 1.165) is 38.2 Å². The first-order chi connectivity index (χ1) is 11.6. The highest BCUT2D eigenvalue weighted by Gasteiger charge is 2.17. The molecule has 0 bridgehead atoms. The Morgan fingerprint density at radius 3 is 2.12 bits per heavy atom. The van der Waals surface area contributed by atoms with E-state index in [4.69, 9.17) is 0 Å². The van der Waals surface area contributed by atoms with Crippen molar-refractivity contribution in [3.63, 3.8) is 0 Å². The molecule has 1 aliphatic rings. The lowest BCUT2D eigenvalue weighted by Crippen LogP contribution is -2.34. The lowest BCUT2D eigenvalue weighted by molar-refractivity contribution is 0.266. The van der Waals surface area contributed by atoms with Crippen LogP contribution in [0, 0.1) is 0 Å². The molecule has 0 radical (unpaired) electrons. The molecule has 5 nitrogen and oxygen atoms in total. The lowest BCUT2D eigenvalue weighted by atomic mass is 10.1. The summed E-state index contributed by atoms with van der Waals surface area (Å²) in [6.45, 7) is 2.70. The number of nitrogens with zero attached hydrogens (tertiary/aromatic N) is 2. The summed E-state index contributed by atoms with van der Waals surface area (Å²) in [6, 6.07) is 18.7. The van der Waals surface area contributed by atoms with Gasteiger partial charge in [-0.3, -0.25) is 4.90 Å². The van der Waals surface area contributed by atoms with Crippen LogP contribution < -0.4 is 4.83 Å². The Labute approximate surface area is 143 Å². The van der Waals surface area contributed by atoms with Crippen LogP contribution in [0.2, 0.25) is 0 Å². The van der Waals surface area contributed by atoms with Crippen LogP contribution in [0.15, 0.2) is 70.7 Å². The van der Waals surface area contributed by atoms with Crippen molar-refractivity contribution in [3.8, 4) is 0 Å². The van der Waals surface area contributed by atoms with Gasteiger partial charge in [-0.1, -0.05) is 48.5 Å². The highest BCUT2D eigenvalue weighted by molar-refractivity contribution is 7.89. The molecule has 0 spiro atoms. The molecular formula is C18H21N3O2S. The second-order valence-electron chi connectivity index (χ2n) is 5.85. The molecule has 126 valence electrons. The SMILES string of the molecule is O=S(=O)(NN=C1CCN(Cc2ccccc2)CC1)c1ccccc1. The van der Waals surface area contributed by atoms with Gasteiger partial charge in [0.1, 0.15) is 0 Å². The van der Waals surface area contributed by atoms with Gasteiger partial charge >= 0.3 is 0 Å². The van der Waals surface area contributed by atoms with Crippen molar-refractivity contribution in [2.75, 3.05) is 13.1 Å². The zero-order chi connectivity index (χ0) is 16.8. The van der Waals surface area contributed by atoms with Gasteiger partial charge in [-0.2, -0.15) is 13.5 Å². The molecule has 1 fully saturated rings. The fraction of sp³-hybridized carbons (Fsp3) is 0.278. The average Bonchev–Trinajstić information content (AvgIpc) is 2.63. The highest BCUT2D eigenvalue weighted by Crippen LogP contribution is 2.12.